The molecule has 1 heterocycles. The average molecular weight is 235 g/mol. The lowest BCUT2D eigenvalue weighted by atomic mass is 10.1. The summed E-state index contributed by atoms with van der Waals surface area (Å²) in [6.07, 6.45) is -2.40. The van der Waals surface area contributed by atoms with Crippen molar-refractivity contribution in [2.45, 2.75) is 6.43 Å². The number of esters is 1. The normalized spacial score (nSPS) is 10.4. The van der Waals surface area contributed by atoms with E-state index in [0.29, 0.717) is 6.20 Å². The predicted octanol–water partition coefficient (Wildman–Crippen LogP) is 1.95. The van der Waals surface area contributed by atoms with Gasteiger partial charge in [-0.2, -0.15) is 4.39 Å². The van der Waals surface area contributed by atoms with E-state index in [1.54, 1.807) is 0 Å². The molecule has 7 heteroatoms. The fourth-order valence-electron chi connectivity index (χ4n) is 1.15. The summed E-state index contributed by atoms with van der Waals surface area (Å²) in [5, 5.41) is 0. The maximum Gasteiger partial charge on any atom is 0.342 e. The van der Waals surface area contributed by atoms with Gasteiger partial charge in [-0.25, -0.2) is 18.6 Å². The molecule has 0 radical (unpaired) electrons. The molecule has 1 rings (SSSR count). The Bertz CT molecular complexity index is 409. The maximum absolute atomic E-state index is 13.1. The number of nitrogens with zero attached hydrogens (tertiary/aromatic N) is 1. The number of aromatic nitrogens is 1. The predicted molar refractivity (Wildman–Crippen MR) is 47.0 cm³/mol. The third-order valence-corrected chi connectivity index (χ3v) is 1.85. The first-order valence-electron chi connectivity index (χ1n) is 4.11. The Kier molecular flexibility index (Phi) is 3.70. The van der Waals surface area contributed by atoms with Crippen LogP contribution in [0.1, 0.15) is 22.3 Å². The minimum absolute atomic E-state index is 0.578. The molecule has 0 saturated heterocycles. The third kappa shape index (κ3) is 2.07. The van der Waals surface area contributed by atoms with Gasteiger partial charge >= 0.3 is 5.97 Å². The first kappa shape index (κ1) is 12.3. The van der Waals surface area contributed by atoms with Crippen LogP contribution in [0.25, 0.3) is 0 Å². The number of hydrogen-bond donors (Lipinski definition) is 0. The van der Waals surface area contributed by atoms with Gasteiger partial charge in [-0.1, -0.05) is 0 Å². The number of hydrogen-bond acceptors (Lipinski definition) is 4. The molecule has 0 aliphatic heterocycles. The quantitative estimate of drug-likeness (QED) is 0.593. The highest BCUT2D eigenvalue weighted by Crippen LogP contribution is 2.31. The molecule has 0 amide bonds. The Morgan fingerprint density at radius 1 is 1.44 bits per heavy atom. The van der Waals surface area contributed by atoms with Crippen molar-refractivity contribution in [3.05, 3.63) is 23.3 Å². The van der Waals surface area contributed by atoms with Crippen molar-refractivity contribution < 1.29 is 27.4 Å². The van der Waals surface area contributed by atoms with Crippen molar-refractivity contribution in [3.8, 4) is 5.75 Å². The van der Waals surface area contributed by atoms with Gasteiger partial charge < -0.3 is 9.47 Å². The number of carbonyl (C=O) groups is 1. The van der Waals surface area contributed by atoms with Gasteiger partial charge in [0.1, 0.15) is 5.56 Å². The molecule has 0 aliphatic rings. The van der Waals surface area contributed by atoms with E-state index in [4.69, 9.17) is 0 Å². The summed E-state index contributed by atoms with van der Waals surface area (Å²) < 4.78 is 47.0. The second-order valence-electron chi connectivity index (χ2n) is 2.70. The summed E-state index contributed by atoms with van der Waals surface area (Å²) in [7, 11) is 2.04. The number of rotatable bonds is 3. The van der Waals surface area contributed by atoms with Crippen LogP contribution < -0.4 is 4.74 Å². The average Bonchev–Trinajstić information content (AvgIpc) is 2.27. The number of carbonyl (C=O) groups excluding carboxylic acids is 1. The minimum atomic E-state index is -2.98. The largest absolute Gasteiger partial charge is 0.491 e. The Morgan fingerprint density at radius 3 is 2.50 bits per heavy atom. The molecule has 0 aromatic carbocycles. The molecule has 16 heavy (non-hydrogen) atoms. The zero-order chi connectivity index (χ0) is 12.3. The van der Waals surface area contributed by atoms with E-state index >= 15 is 0 Å². The molecule has 0 fully saturated rings. The van der Waals surface area contributed by atoms with Crippen LogP contribution in [-0.2, 0) is 4.74 Å². The molecule has 0 saturated carbocycles. The molecule has 1 aromatic heterocycles. The summed E-state index contributed by atoms with van der Waals surface area (Å²) in [6, 6.07) is 0. The van der Waals surface area contributed by atoms with Crippen molar-refractivity contribution in [2.75, 3.05) is 14.2 Å². The van der Waals surface area contributed by atoms with Gasteiger partial charge in [0.25, 0.3) is 12.4 Å². The molecule has 0 bridgehead atoms. The van der Waals surface area contributed by atoms with E-state index in [1.165, 1.54) is 0 Å². The summed E-state index contributed by atoms with van der Waals surface area (Å²) in [5.74, 6) is -2.90. The Balaban J connectivity index is 3.47. The highest BCUT2D eigenvalue weighted by molar-refractivity contribution is 5.94. The molecule has 1 aromatic rings. The molecular weight excluding hydrogens is 227 g/mol. The van der Waals surface area contributed by atoms with Crippen LogP contribution >= 0.6 is 0 Å². The smallest absolute Gasteiger partial charge is 0.342 e. The maximum atomic E-state index is 13.1. The summed E-state index contributed by atoms with van der Waals surface area (Å²) in [6.45, 7) is 0. The van der Waals surface area contributed by atoms with E-state index in [1.807, 2.05) is 0 Å². The van der Waals surface area contributed by atoms with Crippen molar-refractivity contribution >= 4 is 5.97 Å². The highest BCUT2D eigenvalue weighted by atomic mass is 19.3. The third-order valence-electron chi connectivity index (χ3n) is 1.85. The molecule has 0 aliphatic carbocycles. The van der Waals surface area contributed by atoms with Gasteiger partial charge in [0.2, 0.25) is 0 Å². The molecule has 0 atom stereocenters. The molecular formula is C9H8F3NO3. The van der Waals surface area contributed by atoms with Crippen LogP contribution in [0.15, 0.2) is 6.20 Å². The van der Waals surface area contributed by atoms with Gasteiger partial charge in [0.15, 0.2) is 5.75 Å². The van der Waals surface area contributed by atoms with Crippen LogP contribution in [-0.4, -0.2) is 25.2 Å². The van der Waals surface area contributed by atoms with Crippen LogP contribution in [0.2, 0.25) is 0 Å². The van der Waals surface area contributed by atoms with Crippen molar-refractivity contribution in [2.24, 2.45) is 0 Å². The topological polar surface area (TPSA) is 48.4 Å². The van der Waals surface area contributed by atoms with Crippen LogP contribution in [0.5, 0.6) is 5.75 Å². The number of methoxy groups -OCH3 is 2. The zero-order valence-electron chi connectivity index (χ0n) is 8.46. The number of alkyl halides is 2. The second kappa shape index (κ2) is 4.82. The number of halogens is 3. The fourth-order valence-corrected chi connectivity index (χ4v) is 1.15. The fraction of sp³-hybridized carbons (Fsp3) is 0.333. The van der Waals surface area contributed by atoms with Crippen molar-refractivity contribution in [1.82, 2.24) is 4.98 Å². The number of ether oxygens (including phenoxy) is 2. The monoisotopic (exact) mass is 235 g/mol. The first-order chi connectivity index (χ1) is 7.52. The Labute approximate surface area is 89.0 Å². The van der Waals surface area contributed by atoms with E-state index in [9.17, 15) is 18.0 Å². The van der Waals surface area contributed by atoms with E-state index < -0.39 is 35.2 Å². The van der Waals surface area contributed by atoms with Gasteiger partial charge in [-0.3, -0.25) is 0 Å². The SMILES string of the molecule is COC(=O)c1c(C(F)F)cnc(F)c1OC. The molecule has 0 spiro atoms. The van der Waals surface area contributed by atoms with E-state index in [0.717, 1.165) is 14.2 Å². The molecule has 4 nitrogen and oxygen atoms in total. The van der Waals surface area contributed by atoms with Gasteiger partial charge in [-0.15, -0.1) is 0 Å². The van der Waals surface area contributed by atoms with Gasteiger partial charge in [0, 0.05) is 6.20 Å². The van der Waals surface area contributed by atoms with E-state index in [2.05, 4.69) is 14.5 Å². The van der Waals surface area contributed by atoms with Crippen LogP contribution in [0.3, 0.4) is 0 Å². The second-order valence-corrected chi connectivity index (χ2v) is 2.70. The number of pyridine rings is 1. The molecule has 88 valence electrons. The summed E-state index contributed by atoms with van der Waals surface area (Å²) in [4.78, 5) is 14.3. The lowest BCUT2D eigenvalue weighted by Crippen LogP contribution is -2.11. The first-order valence-corrected chi connectivity index (χ1v) is 4.11. The van der Waals surface area contributed by atoms with Crippen molar-refractivity contribution in [3.63, 3.8) is 0 Å². The van der Waals surface area contributed by atoms with Gasteiger partial charge in [0.05, 0.1) is 19.8 Å². The Morgan fingerprint density at radius 2 is 2.06 bits per heavy atom. The zero-order valence-corrected chi connectivity index (χ0v) is 8.46. The van der Waals surface area contributed by atoms with E-state index in [-0.39, 0.29) is 0 Å². The molecule has 0 unspecified atom stereocenters. The lowest BCUT2D eigenvalue weighted by Gasteiger charge is -2.11. The van der Waals surface area contributed by atoms with Crippen molar-refractivity contribution in [1.29, 1.82) is 0 Å². The minimum Gasteiger partial charge on any atom is -0.491 e. The highest BCUT2D eigenvalue weighted by Gasteiger charge is 2.27. The lowest BCUT2D eigenvalue weighted by molar-refractivity contribution is 0.0583. The summed E-state index contributed by atoms with van der Waals surface area (Å²) in [5.41, 5.74) is -1.38. The van der Waals surface area contributed by atoms with Crippen LogP contribution in [0.4, 0.5) is 13.2 Å². The Hall–Kier alpha value is -1.79. The van der Waals surface area contributed by atoms with Gasteiger partial charge in [-0.05, 0) is 0 Å². The van der Waals surface area contributed by atoms with Crippen LogP contribution in [0, 0.1) is 5.95 Å². The molecule has 0 N–H and O–H groups in total. The standard InChI is InChI=1S/C9H8F3NO3/c1-15-6-5(9(14)16-2)4(7(10)11)3-13-8(6)12/h3,7H,1-2H3. The summed E-state index contributed by atoms with van der Waals surface area (Å²) >= 11 is 0.